The number of sulfone groups is 1. The van der Waals surface area contributed by atoms with E-state index in [0.717, 1.165) is 22.3 Å². The zero-order valence-electron chi connectivity index (χ0n) is 16.3. The zero-order valence-corrected chi connectivity index (χ0v) is 17.1. The Balaban J connectivity index is 1.74. The first-order chi connectivity index (χ1) is 14.2. The number of carbonyl (C=O) groups is 2. The number of rotatable bonds is 7. The fraction of sp³-hybridized carbons (Fsp3) is 0.130. The number of hydrogen-bond donors (Lipinski definition) is 2. The lowest BCUT2D eigenvalue weighted by molar-refractivity contribution is -0.134. The molecule has 0 saturated heterocycles. The molecule has 3 aromatic carbocycles. The smallest absolute Gasteiger partial charge is 0.319 e. The van der Waals surface area contributed by atoms with E-state index in [9.17, 15) is 18.0 Å². The van der Waals surface area contributed by atoms with E-state index in [0.29, 0.717) is 12.1 Å². The molecule has 0 heterocycles. The van der Waals surface area contributed by atoms with E-state index in [2.05, 4.69) is 5.32 Å². The summed E-state index contributed by atoms with van der Waals surface area (Å²) < 4.78 is 24.0. The minimum Gasteiger partial charge on any atom is -0.480 e. The van der Waals surface area contributed by atoms with Crippen LogP contribution in [-0.2, 0) is 21.2 Å². The van der Waals surface area contributed by atoms with Crippen molar-refractivity contribution in [3.05, 3.63) is 89.5 Å². The highest BCUT2D eigenvalue weighted by Crippen LogP contribution is 2.23. The van der Waals surface area contributed by atoms with Crippen molar-refractivity contribution < 1.29 is 23.1 Å². The Morgan fingerprint density at radius 1 is 0.900 bits per heavy atom. The molecule has 0 aliphatic heterocycles. The van der Waals surface area contributed by atoms with E-state index in [-0.39, 0.29) is 10.8 Å². The van der Waals surface area contributed by atoms with Gasteiger partial charge in [0.05, 0.1) is 4.90 Å². The molecule has 3 rings (SSSR count). The van der Waals surface area contributed by atoms with Gasteiger partial charge in [0.1, 0.15) is 0 Å². The number of carboxylic acid groups (broad SMARTS) is 1. The van der Waals surface area contributed by atoms with Gasteiger partial charge in [-0.15, -0.1) is 0 Å². The quantitative estimate of drug-likeness (QED) is 0.606. The topological polar surface area (TPSA) is 101 Å². The van der Waals surface area contributed by atoms with E-state index < -0.39 is 21.6 Å². The molecule has 0 bridgehead atoms. The number of aryl methyl sites for hydroxylation is 1. The number of nitrogens with one attached hydrogen (secondary N) is 1. The molecular weight excluding hydrogens is 402 g/mol. The van der Waals surface area contributed by atoms with Gasteiger partial charge in [-0.3, -0.25) is 9.59 Å². The number of carboxylic acids is 1. The van der Waals surface area contributed by atoms with Crippen molar-refractivity contribution in [2.75, 3.05) is 5.75 Å². The highest BCUT2D eigenvalue weighted by Gasteiger charge is 2.18. The summed E-state index contributed by atoms with van der Waals surface area (Å²) in [6.45, 7) is 2.41. The van der Waals surface area contributed by atoms with Crippen molar-refractivity contribution in [1.82, 2.24) is 5.32 Å². The van der Waals surface area contributed by atoms with Gasteiger partial charge in [0.2, 0.25) is 0 Å². The summed E-state index contributed by atoms with van der Waals surface area (Å²) in [5, 5.41) is 11.6. The van der Waals surface area contributed by atoms with E-state index >= 15 is 0 Å². The van der Waals surface area contributed by atoms with Crippen LogP contribution in [0.1, 0.15) is 21.5 Å². The summed E-state index contributed by atoms with van der Waals surface area (Å²) >= 11 is 0. The Morgan fingerprint density at radius 3 is 2.27 bits per heavy atom. The number of hydrogen-bond acceptors (Lipinski definition) is 4. The maximum atomic E-state index is 12.5. The lowest BCUT2D eigenvalue weighted by atomic mass is 10.0. The number of benzene rings is 3. The van der Waals surface area contributed by atoms with Crippen molar-refractivity contribution in [2.24, 2.45) is 0 Å². The van der Waals surface area contributed by atoms with Crippen LogP contribution in [0.3, 0.4) is 0 Å². The van der Waals surface area contributed by atoms with Gasteiger partial charge in [0.15, 0.2) is 15.6 Å². The normalized spacial score (nSPS) is 11.1. The van der Waals surface area contributed by atoms with E-state index in [1.54, 1.807) is 30.3 Å². The second kappa shape index (κ2) is 8.92. The predicted octanol–water partition coefficient (Wildman–Crippen LogP) is 3.45. The third kappa shape index (κ3) is 5.33. The Kier molecular flexibility index (Phi) is 6.32. The van der Waals surface area contributed by atoms with Crippen LogP contribution >= 0.6 is 0 Å². The molecule has 6 nitrogen and oxygen atoms in total. The largest absolute Gasteiger partial charge is 0.480 e. The van der Waals surface area contributed by atoms with Gasteiger partial charge in [0, 0.05) is 12.1 Å². The fourth-order valence-electron chi connectivity index (χ4n) is 3.05. The third-order valence-corrected chi connectivity index (χ3v) is 6.14. The van der Waals surface area contributed by atoms with Crippen LogP contribution in [0.2, 0.25) is 0 Å². The van der Waals surface area contributed by atoms with Gasteiger partial charge in [-0.05, 0) is 47.9 Å². The molecule has 2 N–H and O–H groups in total. The van der Waals surface area contributed by atoms with Crippen molar-refractivity contribution in [2.45, 2.75) is 18.4 Å². The third-order valence-electron chi connectivity index (χ3n) is 4.52. The maximum Gasteiger partial charge on any atom is 0.319 e. The highest BCUT2D eigenvalue weighted by molar-refractivity contribution is 7.92. The minimum absolute atomic E-state index is 0.0549. The summed E-state index contributed by atoms with van der Waals surface area (Å²) in [7, 11) is -3.88. The average Bonchev–Trinajstić information content (AvgIpc) is 2.71. The van der Waals surface area contributed by atoms with Crippen LogP contribution in [0.15, 0.2) is 77.7 Å². The Hall–Kier alpha value is -3.45. The monoisotopic (exact) mass is 423 g/mol. The molecule has 0 aliphatic carbocycles. The van der Waals surface area contributed by atoms with Crippen LogP contribution < -0.4 is 5.32 Å². The minimum atomic E-state index is -3.88. The number of amides is 1. The van der Waals surface area contributed by atoms with Gasteiger partial charge in [-0.25, -0.2) is 8.42 Å². The molecule has 0 unspecified atom stereocenters. The predicted molar refractivity (Wildman–Crippen MR) is 114 cm³/mol. The molecule has 30 heavy (non-hydrogen) atoms. The van der Waals surface area contributed by atoms with Gasteiger partial charge in [-0.1, -0.05) is 54.1 Å². The molecule has 7 heteroatoms. The summed E-state index contributed by atoms with van der Waals surface area (Å²) in [6, 6.07) is 20.8. The first kappa shape index (κ1) is 21.3. The van der Waals surface area contributed by atoms with Crippen LogP contribution in [0.5, 0.6) is 0 Å². The zero-order chi connectivity index (χ0) is 21.7. The molecule has 0 atom stereocenters. The molecule has 0 radical (unpaired) electrons. The van der Waals surface area contributed by atoms with Crippen molar-refractivity contribution in [3.63, 3.8) is 0 Å². The van der Waals surface area contributed by atoms with Crippen LogP contribution in [0.4, 0.5) is 0 Å². The molecule has 3 aromatic rings. The number of carbonyl (C=O) groups excluding carboxylic acids is 1. The number of aliphatic carboxylic acids is 1. The van der Waals surface area contributed by atoms with Crippen LogP contribution in [0, 0.1) is 6.92 Å². The second-order valence-electron chi connectivity index (χ2n) is 6.93. The lowest BCUT2D eigenvalue weighted by Gasteiger charge is -2.09. The first-order valence-corrected chi connectivity index (χ1v) is 10.9. The summed E-state index contributed by atoms with van der Waals surface area (Å²) in [4.78, 5) is 23.2. The first-order valence-electron chi connectivity index (χ1n) is 9.23. The van der Waals surface area contributed by atoms with E-state index in [4.69, 9.17) is 5.11 Å². The van der Waals surface area contributed by atoms with Gasteiger partial charge in [-0.2, -0.15) is 0 Å². The highest BCUT2D eigenvalue weighted by atomic mass is 32.2. The molecule has 1 amide bonds. The van der Waals surface area contributed by atoms with Gasteiger partial charge >= 0.3 is 5.97 Å². The Bertz CT molecular complexity index is 1180. The Morgan fingerprint density at radius 2 is 1.60 bits per heavy atom. The van der Waals surface area contributed by atoms with Crippen LogP contribution in [0.25, 0.3) is 11.1 Å². The van der Waals surface area contributed by atoms with Gasteiger partial charge in [0.25, 0.3) is 5.91 Å². The SMILES string of the molecule is Cc1cccc(CNC(=O)c2cccc(-c3ccc(S(=O)(=O)CC(=O)O)cc3)c2)c1. The Labute approximate surface area is 175 Å². The molecule has 0 spiro atoms. The molecule has 0 aliphatic rings. The van der Waals surface area contributed by atoms with Crippen molar-refractivity contribution in [3.8, 4) is 11.1 Å². The molecule has 0 saturated carbocycles. The fourth-order valence-corrected chi connectivity index (χ4v) is 4.09. The standard InChI is InChI=1S/C23H21NO5S/c1-16-4-2-5-17(12-16)14-24-23(27)20-7-3-6-19(13-20)18-8-10-21(11-9-18)30(28,29)15-22(25)26/h2-13H,14-15H2,1H3,(H,24,27)(H,25,26). The molecule has 154 valence electrons. The second-order valence-corrected chi connectivity index (χ2v) is 8.92. The average molecular weight is 423 g/mol. The van der Waals surface area contributed by atoms with Crippen LogP contribution in [-0.4, -0.2) is 31.2 Å². The lowest BCUT2D eigenvalue weighted by Crippen LogP contribution is -2.22. The van der Waals surface area contributed by atoms with Crippen molar-refractivity contribution >= 4 is 21.7 Å². The van der Waals surface area contributed by atoms with E-state index in [1.807, 2.05) is 37.3 Å². The van der Waals surface area contributed by atoms with E-state index in [1.165, 1.54) is 12.1 Å². The summed E-state index contributed by atoms with van der Waals surface area (Å²) in [6.07, 6.45) is 0. The summed E-state index contributed by atoms with van der Waals surface area (Å²) in [5.74, 6) is -2.56. The van der Waals surface area contributed by atoms with Crippen molar-refractivity contribution in [1.29, 1.82) is 0 Å². The molecule has 0 aromatic heterocycles. The maximum absolute atomic E-state index is 12.5. The molecule has 0 fully saturated rings. The summed E-state index contributed by atoms with van der Waals surface area (Å²) in [5.41, 5.74) is 4.09. The van der Waals surface area contributed by atoms with Gasteiger partial charge < -0.3 is 10.4 Å². The molecular formula is C23H21NO5S.